The predicted molar refractivity (Wildman–Crippen MR) is 388 cm³/mol. The topological polar surface area (TPSA) is 111 Å². The first kappa shape index (κ1) is 86.7. The highest BCUT2D eigenvalue weighted by molar-refractivity contribution is 7.47. The molecule has 0 radical (unpaired) electrons. The van der Waals surface area contributed by atoms with Crippen LogP contribution in [0.25, 0.3) is 0 Å². The second kappa shape index (κ2) is 68.6. The Morgan fingerprint density at radius 1 is 0.393 bits per heavy atom. The van der Waals surface area contributed by atoms with Crippen LogP contribution in [-0.2, 0) is 27.9 Å². The van der Waals surface area contributed by atoms with Crippen molar-refractivity contribution >= 4 is 19.7 Å². The lowest BCUT2D eigenvalue weighted by molar-refractivity contribution is -0.870. The van der Waals surface area contributed by atoms with Crippen LogP contribution in [0.3, 0.4) is 0 Å². The number of quaternary nitrogens is 1. The van der Waals surface area contributed by atoms with E-state index < -0.39 is 20.0 Å². The summed E-state index contributed by atoms with van der Waals surface area (Å²) < 4.78 is 30.9. The molecule has 0 heterocycles. The smallest absolute Gasteiger partial charge is 0.456 e. The van der Waals surface area contributed by atoms with Crippen molar-refractivity contribution in [3.8, 4) is 0 Å². The number of carbonyl (C=O) groups is 2. The molecular weight excluding hydrogens is 1120 g/mol. The Hall–Kier alpha value is -2.29. The van der Waals surface area contributed by atoms with E-state index in [0.29, 0.717) is 17.4 Å². The summed E-state index contributed by atoms with van der Waals surface area (Å²) in [6, 6.07) is -0.854. The van der Waals surface area contributed by atoms with Crippen LogP contribution in [0.15, 0.2) is 60.8 Å². The molecule has 0 aromatic heterocycles. The standard InChI is InChI=1S/C79H149N2O7P/c1-7-10-13-16-19-22-25-28-30-32-34-36-38-39-40-41-43-44-46-48-50-53-56-59-62-65-68-71-78(82)80-76(75-87-89(84,85)86-74-73-81(4,5)6)77(70-67-64-61-58-55-52-27-24-21-18-15-12-9-3)88-79(83)72-69-66-63-60-57-54-51-49-47-45-42-37-35-33-31-29-26-23-20-17-14-11-8-2/h20,23,29,31,35,37,45,47,67,70,76-77H,7-19,21-22,24-28,30,32-34,36,38-44,46,48-66,68-69,71-75H2,1-6H3,(H-,80,82,84,85)/p+1/b23-20-,31-29-,37-35-,47-45-,70-67+. The summed E-state index contributed by atoms with van der Waals surface area (Å²) in [6.45, 7) is 7.04. The van der Waals surface area contributed by atoms with E-state index >= 15 is 0 Å². The molecule has 0 bridgehead atoms. The van der Waals surface area contributed by atoms with Gasteiger partial charge in [-0.2, -0.15) is 0 Å². The number of esters is 1. The third kappa shape index (κ3) is 69.9. The molecule has 0 aromatic rings. The Kier molecular flexibility index (Phi) is 66.8. The van der Waals surface area contributed by atoms with E-state index in [2.05, 4.69) is 74.7 Å². The van der Waals surface area contributed by atoms with Crippen molar-refractivity contribution in [3.63, 3.8) is 0 Å². The van der Waals surface area contributed by atoms with Gasteiger partial charge in [0, 0.05) is 12.8 Å². The third-order valence-electron chi connectivity index (χ3n) is 17.5. The molecule has 0 saturated carbocycles. The zero-order valence-corrected chi connectivity index (χ0v) is 60.8. The van der Waals surface area contributed by atoms with Crippen molar-refractivity contribution in [2.24, 2.45) is 0 Å². The summed E-state index contributed by atoms with van der Waals surface area (Å²) in [4.78, 5) is 38.0. The number of phosphoric ester groups is 1. The summed E-state index contributed by atoms with van der Waals surface area (Å²) in [5.41, 5.74) is 0. The van der Waals surface area contributed by atoms with Gasteiger partial charge < -0.3 is 19.4 Å². The lowest BCUT2D eigenvalue weighted by Gasteiger charge is -2.27. The van der Waals surface area contributed by atoms with E-state index in [1.54, 1.807) is 0 Å². The van der Waals surface area contributed by atoms with Gasteiger partial charge in [0.2, 0.25) is 5.91 Å². The van der Waals surface area contributed by atoms with E-state index in [1.165, 1.54) is 257 Å². The fourth-order valence-electron chi connectivity index (χ4n) is 11.5. The number of likely N-dealkylation sites (N-methyl/N-ethyl adjacent to an activating group) is 1. The number of amides is 1. The number of hydrogen-bond acceptors (Lipinski definition) is 6. The Labute approximate surface area is 553 Å². The number of carbonyl (C=O) groups excluding carboxylic acids is 2. The number of rotatable bonds is 71. The molecule has 3 unspecified atom stereocenters. The fourth-order valence-corrected chi connectivity index (χ4v) is 12.3. The summed E-state index contributed by atoms with van der Waals surface area (Å²) in [5.74, 6) is -0.500. The van der Waals surface area contributed by atoms with Gasteiger partial charge in [0.15, 0.2) is 0 Å². The normalized spacial score (nSPS) is 13.7. The Bertz CT molecular complexity index is 1700. The molecule has 0 aromatic carbocycles. The molecule has 0 fully saturated rings. The Morgan fingerprint density at radius 3 is 1.04 bits per heavy atom. The van der Waals surface area contributed by atoms with Gasteiger partial charge in [0.1, 0.15) is 19.3 Å². The fraction of sp³-hybridized carbons (Fsp3) is 0.848. The molecule has 9 nitrogen and oxygen atoms in total. The maximum Gasteiger partial charge on any atom is 0.472 e. The van der Waals surface area contributed by atoms with Crippen LogP contribution in [0.2, 0.25) is 0 Å². The largest absolute Gasteiger partial charge is 0.472 e. The van der Waals surface area contributed by atoms with Gasteiger partial charge in [0.25, 0.3) is 0 Å². The quantitative estimate of drug-likeness (QED) is 0.0205. The number of allylic oxidation sites excluding steroid dienone is 9. The zero-order chi connectivity index (χ0) is 64.9. The van der Waals surface area contributed by atoms with Crippen molar-refractivity contribution in [2.75, 3.05) is 40.9 Å². The molecule has 3 atom stereocenters. The number of ether oxygens (including phenoxy) is 1. The monoisotopic (exact) mass is 1270 g/mol. The van der Waals surface area contributed by atoms with E-state index in [1.807, 2.05) is 33.3 Å². The predicted octanol–water partition coefficient (Wildman–Crippen LogP) is 24.9. The molecule has 0 rings (SSSR count). The van der Waals surface area contributed by atoms with Gasteiger partial charge >= 0.3 is 13.8 Å². The first-order valence-corrected chi connectivity index (χ1v) is 40.1. The lowest BCUT2D eigenvalue weighted by atomic mass is 10.0. The van der Waals surface area contributed by atoms with E-state index in [4.69, 9.17) is 13.8 Å². The SMILES string of the molecule is CCCCC/C=C\C/C=C\C/C=C\C/C=C\CCCCCCCCCC(=O)OC(/C=C/CCCCCCCCCCCCC)C(COP(=O)(O)OCC[N+](C)(C)C)NC(=O)CCCCCCCCCCCCCCCCCCCCCCCCCCCCC. The highest BCUT2D eigenvalue weighted by Crippen LogP contribution is 2.43. The number of hydrogen-bond donors (Lipinski definition) is 2. The van der Waals surface area contributed by atoms with Gasteiger partial charge in [-0.1, -0.05) is 352 Å². The number of nitrogens with zero attached hydrogens (tertiary/aromatic N) is 1. The van der Waals surface area contributed by atoms with Crippen molar-refractivity contribution in [1.82, 2.24) is 5.32 Å². The first-order chi connectivity index (χ1) is 43.4. The molecular formula is C79H150N2O7P+. The van der Waals surface area contributed by atoms with Crippen LogP contribution in [0.1, 0.15) is 380 Å². The number of nitrogens with one attached hydrogen (secondary N) is 1. The van der Waals surface area contributed by atoms with Gasteiger partial charge in [-0.3, -0.25) is 18.6 Å². The van der Waals surface area contributed by atoms with Crippen molar-refractivity contribution in [2.45, 2.75) is 392 Å². The minimum atomic E-state index is -4.46. The third-order valence-corrected chi connectivity index (χ3v) is 18.4. The molecule has 0 saturated heterocycles. The highest BCUT2D eigenvalue weighted by Gasteiger charge is 2.30. The highest BCUT2D eigenvalue weighted by atomic mass is 31.2. The Morgan fingerprint density at radius 2 is 0.685 bits per heavy atom. The second-order valence-electron chi connectivity index (χ2n) is 27.5. The average Bonchev–Trinajstić information content (AvgIpc) is 3.57. The van der Waals surface area contributed by atoms with Crippen LogP contribution in [0.4, 0.5) is 0 Å². The molecule has 2 N–H and O–H groups in total. The van der Waals surface area contributed by atoms with Crippen LogP contribution >= 0.6 is 7.82 Å². The van der Waals surface area contributed by atoms with Gasteiger partial charge in [0.05, 0.1) is 33.8 Å². The van der Waals surface area contributed by atoms with Gasteiger partial charge in [-0.15, -0.1) is 0 Å². The second-order valence-corrected chi connectivity index (χ2v) is 29.0. The lowest BCUT2D eigenvalue weighted by Crippen LogP contribution is -2.47. The molecule has 0 aliphatic rings. The van der Waals surface area contributed by atoms with E-state index in [-0.39, 0.29) is 31.5 Å². The number of unbranched alkanes of at least 4 members (excludes halogenated alkanes) is 47. The molecule has 10 heteroatoms. The zero-order valence-electron chi connectivity index (χ0n) is 59.9. The molecule has 1 amide bonds. The van der Waals surface area contributed by atoms with Crippen molar-refractivity contribution < 1.29 is 37.3 Å². The van der Waals surface area contributed by atoms with Crippen LogP contribution in [0.5, 0.6) is 0 Å². The minimum absolute atomic E-state index is 0.0390. The molecule has 0 aliphatic heterocycles. The van der Waals surface area contributed by atoms with E-state index in [9.17, 15) is 19.0 Å². The minimum Gasteiger partial charge on any atom is -0.456 e. The number of phosphoric acid groups is 1. The molecule has 0 spiro atoms. The van der Waals surface area contributed by atoms with Crippen molar-refractivity contribution in [3.05, 3.63) is 60.8 Å². The summed E-state index contributed by atoms with van der Waals surface area (Å²) >= 11 is 0. The molecule has 522 valence electrons. The molecule has 89 heavy (non-hydrogen) atoms. The van der Waals surface area contributed by atoms with Crippen LogP contribution in [0, 0.1) is 0 Å². The summed E-state index contributed by atoms with van der Waals surface area (Å²) in [7, 11) is 1.50. The van der Waals surface area contributed by atoms with Crippen LogP contribution in [-0.4, -0.2) is 74.3 Å². The Balaban J connectivity index is 5.00. The summed E-state index contributed by atoms with van der Waals surface area (Å²) in [6.07, 6.45) is 89.6. The first-order valence-electron chi connectivity index (χ1n) is 38.6. The van der Waals surface area contributed by atoms with E-state index in [0.717, 1.165) is 89.9 Å². The van der Waals surface area contributed by atoms with Gasteiger partial charge in [-0.25, -0.2) is 4.57 Å². The summed E-state index contributed by atoms with van der Waals surface area (Å²) in [5, 5.41) is 3.08. The van der Waals surface area contributed by atoms with Crippen LogP contribution < -0.4 is 5.32 Å². The average molecular weight is 1270 g/mol. The van der Waals surface area contributed by atoms with Crippen molar-refractivity contribution in [1.29, 1.82) is 0 Å². The maximum atomic E-state index is 13.7. The maximum absolute atomic E-state index is 13.7. The van der Waals surface area contributed by atoms with Gasteiger partial charge in [-0.05, 0) is 76.7 Å². The molecule has 0 aliphatic carbocycles.